The quantitative estimate of drug-likeness (QED) is 0.0433. The Hall–Kier alpha value is -11.1. The average molecular weight is 1190 g/mol. The van der Waals surface area contributed by atoms with Crippen molar-refractivity contribution in [1.82, 2.24) is 9.13 Å². The first-order valence-electron chi connectivity index (χ1n) is 32.7. The summed E-state index contributed by atoms with van der Waals surface area (Å²) in [6, 6.07) is 105. The number of para-hydroxylation sites is 4. The third kappa shape index (κ3) is 10.9. The van der Waals surface area contributed by atoms with Crippen molar-refractivity contribution in [2.75, 3.05) is 10.0 Å². The molecule has 16 rings (SSSR count). The molecule has 2 aliphatic rings. The van der Waals surface area contributed by atoms with Gasteiger partial charge in [-0.05, 0) is 183 Å². The molecule has 0 N–H and O–H groups in total. The smallest absolute Gasteiger partial charge is 0.0653 e. The molecule has 6 nitrogen and oxygen atoms in total. The number of hydrazone groups is 2. The molecule has 0 saturated carbocycles. The summed E-state index contributed by atoms with van der Waals surface area (Å²) in [4.78, 5) is 0. The third-order valence-corrected chi connectivity index (χ3v) is 19.0. The Kier molecular flexibility index (Phi) is 15.3. The highest BCUT2D eigenvalue weighted by molar-refractivity contribution is 6.11. The molecule has 14 aromatic rings. The number of unbranched alkanes of at least 4 members (excludes halogenated alkanes) is 5. The molecule has 0 unspecified atom stereocenters. The van der Waals surface area contributed by atoms with Gasteiger partial charge in [0.25, 0.3) is 0 Å². The molecule has 2 aromatic heterocycles. The summed E-state index contributed by atoms with van der Waals surface area (Å²) in [7, 11) is 0. The van der Waals surface area contributed by atoms with Gasteiger partial charge in [-0.25, -0.2) is 10.0 Å². The highest BCUT2D eigenvalue weighted by Gasteiger charge is 2.28. The van der Waals surface area contributed by atoms with E-state index in [9.17, 15) is 0 Å². The minimum Gasteiger partial charge on any atom is -0.340 e. The molecule has 0 radical (unpaired) electrons. The number of benzene rings is 12. The summed E-state index contributed by atoms with van der Waals surface area (Å²) in [5.74, 6) is 0.339. The lowest BCUT2D eigenvalue weighted by molar-refractivity contribution is 0.545. The van der Waals surface area contributed by atoms with Crippen LogP contribution in [0.3, 0.4) is 0 Å². The van der Waals surface area contributed by atoms with Gasteiger partial charge in [-0.2, -0.15) is 10.2 Å². The zero-order valence-electron chi connectivity index (χ0n) is 51.6. The van der Waals surface area contributed by atoms with E-state index >= 15 is 0 Å². The fraction of sp³-hybridized carbons (Fsp3) is 0.116. The highest BCUT2D eigenvalue weighted by Crippen LogP contribution is 2.47. The molecule has 92 heavy (non-hydrogen) atoms. The van der Waals surface area contributed by atoms with Crippen molar-refractivity contribution in [3.8, 4) is 22.3 Å². The molecular weight excluding hydrogens is 1120 g/mol. The van der Waals surface area contributed by atoms with Crippen molar-refractivity contribution >= 4 is 90.4 Å². The van der Waals surface area contributed by atoms with E-state index in [1.54, 1.807) is 0 Å². The molecule has 0 spiro atoms. The van der Waals surface area contributed by atoms with Gasteiger partial charge < -0.3 is 9.13 Å². The summed E-state index contributed by atoms with van der Waals surface area (Å²) in [5, 5.41) is 19.6. The molecule has 0 amide bonds. The summed E-state index contributed by atoms with van der Waals surface area (Å²) in [5.41, 5.74) is 25.7. The van der Waals surface area contributed by atoms with Gasteiger partial charge in [-0.15, -0.1) is 0 Å². The van der Waals surface area contributed by atoms with Crippen molar-refractivity contribution in [3.05, 3.63) is 336 Å². The van der Waals surface area contributed by atoms with E-state index < -0.39 is 0 Å². The summed E-state index contributed by atoms with van der Waals surface area (Å²) >= 11 is 0. The monoisotopic (exact) mass is 1190 g/mol. The molecule has 444 valence electrons. The Labute approximate surface area is 538 Å². The largest absolute Gasteiger partial charge is 0.340 e. The molecule has 0 saturated heterocycles. The second-order valence-corrected chi connectivity index (χ2v) is 24.6. The van der Waals surface area contributed by atoms with Crippen LogP contribution in [0.15, 0.2) is 301 Å². The fourth-order valence-electron chi connectivity index (χ4n) is 14.6. The summed E-state index contributed by atoms with van der Waals surface area (Å²) in [6.07, 6.45) is 14.4. The van der Waals surface area contributed by atoms with E-state index in [-0.39, 0.29) is 0 Å². The van der Waals surface area contributed by atoms with Crippen LogP contribution in [0.1, 0.15) is 89.0 Å². The fourth-order valence-corrected chi connectivity index (χ4v) is 14.6. The van der Waals surface area contributed by atoms with E-state index in [0.717, 1.165) is 71.8 Å². The Morgan fingerprint density at radius 2 is 0.674 bits per heavy atom. The van der Waals surface area contributed by atoms with Crippen molar-refractivity contribution in [2.24, 2.45) is 10.2 Å². The SMILES string of the molecule is C(=C1c2ccccc2-c2ccccc21)c1ccc(N(/N=C/c2ccc3c(c2)c2ccccc2n3CCCCCCCCn2c3ccccc3c3cc(/C=N/N(c4ccccc4)c4ccc(CC5c6ccccc6-c6ccccc65)cc4)ccc32)c2ccccc2)cc1. The summed E-state index contributed by atoms with van der Waals surface area (Å²) < 4.78 is 5.08. The van der Waals surface area contributed by atoms with Crippen LogP contribution in [-0.2, 0) is 19.5 Å². The van der Waals surface area contributed by atoms with Gasteiger partial charge in [0.2, 0.25) is 0 Å². The Bertz CT molecular complexity index is 5000. The van der Waals surface area contributed by atoms with Gasteiger partial charge in [0, 0.05) is 62.6 Å². The zero-order valence-corrected chi connectivity index (χ0v) is 51.6. The van der Waals surface area contributed by atoms with Crippen LogP contribution in [0.4, 0.5) is 22.7 Å². The van der Waals surface area contributed by atoms with Crippen molar-refractivity contribution in [2.45, 2.75) is 64.0 Å². The number of anilines is 4. The normalized spacial score (nSPS) is 12.6. The molecule has 6 heteroatoms. The predicted molar refractivity (Wildman–Crippen MR) is 388 cm³/mol. The van der Waals surface area contributed by atoms with Crippen LogP contribution < -0.4 is 10.0 Å². The standard InChI is InChI=1S/C86H70N6/c1(3-23-53-89-83-39-21-19-37-77(83)81-57-63(45-51-85(81)89)59-87-91(65-25-7-5-8-26-65)67-47-41-61(42-48-67)55-79-73-33-15-11-29-69(73)70-30-12-16-34-74(70)79)2-4-24-54-90-84-40-22-20-38-78(84)82-58-64(46-52-86(82)90)60-88-92(66-27-9-6-10-28-66)68-49-43-62(44-50-68)56-80-75-35-17-13-31-71(75)72-32-14-18-36-76(72)80/h5-22,25-52,55,57-60,80H,1-4,23-24,53-54,56H2/b87-59+,88-60+. The molecule has 0 bridgehead atoms. The Morgan fingerprint density at radius 1 is 0.304 bits per heavy atom. The lowest BCUT2D eigenvalue weighted by Crippen LogP contribution is -2.09. The maximum absolute atomic E-state index is 5.19. The van der Waals surface area contributed by atoms with Crippen LogP contribution in [0, 0.1) is 0 Å². The first kappa shape index (κ1) is 56.2. The van der Waals surface area contributed by atoms with Crippen LogP contribution in [0.2, 0.25) is 0 Å². The number of hydrogen-bond acceptors (Lipinski definition) is 4. The second-order valence-electron chi connectivity index (χ2n) is 24.6. The molecule has 0 atom stereocenters. The molecule has 12 aromatic carbocycles. The topological polar surface area (TPSA) is 41.1 Å². The third-order valence-electron chi connectivity index (χ3n) is 19.0. The van der Waals surface area contributed by atoms with E-state index in [1.807, 2.05) is 17.4 Å². The lowest BCUT2D eigenvalue weighted by Gasteiger charge is -2.20. The Morgan fingerprint density at radius 3 is 1.16 bits per heavy atom. The van der Waals surface area contributed by atoms with Gasteiger partial charge >= 0.3 is 0 Å². The van der Waals surface area contributed by atoms with E-state index in [0.29, 0.717) is 5.92 Å². The predicted octanol–water partition coefficient (Wildman–Crippen LogP) is 22.2. The average Bonchev–Trinajstić information content (AvgIpc) is 1.92. The van der Waals surface area contributed by atoms with E-state index in [1.165, 1.54) is 125 Å². The van der Waals surface area contributed by atoms with Gasteiger partial charge in [-0.1, -0.05) is 232 Å². The van der Waals surface area contributed by atoms with Gasteiger partial charge in [0.15, 0.2) is 0 Å². The van der Waals surface area contributed by atoms with Gasteiger partial charge in [0.1, 0.15) is 0 Å². The zero-order chi connectivity index (χ0) is 61.2. The second kappa shape index (κ2) is 25.1. The first-order valence-corrected chi connectivity index (χ1v) is 32.7. The number of aryl methyl sites for hydroxylation is 2. The number of rotatable bonds is 20. The van der Waals surface area contributed by atoms with Crippen LogP contribution in [0.5, 0.6) is 0 Å². The first-order chi connectivity index (χ1) is 45.6. The minimum absolute atomic E-state index is 0.339. The van der Waals surface area contributed by atoms with E-state index in [4.69, 9.17) is 10.2 Å². The maximum Gasteiger partial charge on any atom is 0.0653 e. The molecule has 2 aliphatic carbocycles. The molecular formula is C86H70N6. The summed E-state index contributed by atoms with van der Waals surface area (Å²) in [6.45, 7) is 1.98. The van der Waals surface area contributed by atoms with Crippen LogP contribution in [-0.4, -0.2) is 21.6 Å². The number of hydrogen-bond donors (Lipinski definition) is 0. The van der Waals surface area contributed by atoms with Crippen molar-refractivity contribution in [3.63, 3.8) is 0 Å². The van der Waals surface area contributed by atoms with E-state index in [2.05, 4.69) is 311 Å². The Balaban J connectivity index is 0.558. The van der Waals surface area contributed by atoms with Gasteiger partial charge in [-0.3, -0.25) is 0 Å². The van der Waals surface area contributed by atoms with Crippen molar-refractivity contribution in [1.29, 1.82) is 0 Å². The molecule has 0 fully saturated rings. The van der Waals surface area contributed by atoms with Crippen LogP contribution in [0.25, 0.3) is 77.5 Å². The molecule has 0 aliphatic heterocycles. The lowest BCUT2D eigenvalue weighted by atomic mass is 9.90. The number of aromatic nitrogens is 2. The minimum atomic E-state index is 0.339. The van der Waals surface area contributed by atoms with Gasteiger partial charge in [0.05, 0.1) is 35.2 Å². The molecule has 2 heterocycles. The number of fused-ring (bicyclic) bond motifs is 12. The van der Waals surface area contributed by atoms with Crippen molar-refractivity contribution < 1.29 is 0 Å². The number of nitrogens with zero attached hydrogens (tertiary/aromatic N) is 6. The maximum atomic E-state index is 5.19. The highest BCUT2D eigenvalue weighted by atomic mass is 15.5. The van der Waals surface area contributed by atoms with Crippen LogP contribution >= 0.6 is 0 Å².